The van der Waals surface area contributed by atoms with Crippen molar-refractivity contribution in [2.24, 2.45) is 5.92 Å². The van der Waals surface area contributed by atoms with Gasteiger partial charge < -0.3 is 9.47 Å². The van der Waals surface area contributed by atoms with Crippen LogP contribution in [0.2, 0.25) is 0 Å². The summed E-state index contributed by atoms with van der Waals surface area (Å²) in [7, 11) is 1.37. The zero-order valence-corrected chi connectivity index (χ0v) is 14.9. The van der Waals surface area contributed by atoms with E-state index in [1.165, 1.54) is 32.8 Å². The van der Waals surface area contributed by atoms with Crippen LogP contribution in [0.1, 0.15) is 51.1 Å². The summed E-state index contributed by atoms with van der Waals surface area (Å²) in [5.41, 5.74) is 1.46. The number of methoxy groups -OCH3 is 1. The molecule has 0 amide bonds. The number of hydrogen-bond acceptors (Lipinski definition) is 4. The summed E-state index contributed by atoms with van der Waals surface area (Å²) in [6.07, 6.45) is 6.57. The molecule has 0 saturated heterocycles. The standard InChI is InChI=1S/C20H25NO4/c1-3-18(22)25-19-15-10-6-7-11-16(15)21(20(23)24-2)17(19)13-12-14-8-4-5-9-14/h6-7,10-11,14H,3-5,8-9,12-13H2,1-2H3. The fourth-order valence-corrected chi connectivity index (χ4v) is 3.73. The van der Waals surface area contributed by atoms with Gasteiger partial charge in [-0.25, -0.2) is 9.36 Å². The minimum atomic E-state index is -0.448. The first-order valence-electron chi connectivity index (χ1n) is 9.07. The highest BCUT2D eigenvalue weighted by molar-refractivity contribution is 5.97. The van der Waals surface area contributed by atoms with E-state index >= 15 is 0 Å². The van der Waals surface area contributed by atoms with Gasteiger partial charge in [-0.3, -0.25) is 4.79 Å². The monoisotopic (exact) mass is 343 g/mol. The molecule has 1 fully saturated rings. The SMILES string of the molecule is CCC(=O)Oc1c(CCC2CCCC2)n(C(=O)OC)c2ccccc12. The van der Waals surface area contributed by atoms with Gasteiger partial charge in [0.15, 0.2) is 5.75 Å². The van der Waals surface area contributed by atoms with Crippen LogP contribution in [0.4, 0.5) is 4.79 Å². The van der Waals surface area contributed by atoms with Crippen molar-refractivity contribution >= 4 is 23.0 Å². The predicted molar refractivity (Wildman–Crippen MR) is 95.9 cm³/mol. The van der Waals surface area contributed by atoms with Gasteiger partial charge in [0.1, 0.15) is 0 Å². The maximum Gasteiger partial charge on any atom is 0.418 e. The summed E-state index contributed by atoms with van der Waals surface area (Å²) in [6.45, 7) is 1.76. The van der Waals surface area contributed by atoms with Crippen molar-refractivity contribution < 1.29 is 19.1 Å². The zero-order chi connectivity index (χ0) is 17.8. The van der Waals surface area contributed by atoms with Crippen molar-refractivity contribution in [2.45, 2.75) is 51.9 Å². The van der Waals surface area contributed by atoms with E-state index < -0.39 is 6.09 Å². The molecular weight excluding hydrogens is 318 g/mol. The number of aromatic nitrogens is 1. The van der Waals surface area contributed by atoms with Crippen LogP contribution < -0.4 is 4.74 Å². The Hall–Kier alpha value is -2.30. The Bertz CT molecular complexity index is 771. The Labute approximate surface area is 147 Å². The third kappa shape index (κ3) is 3.55. The molecule has 0 aliphatic heterocycles. The van der Waals surface area contributed by atoms with Crippen LogP contribution in [-0.2, 0) is 16.0 Å². The molecule has 3 rings (SSSR count). The van der Waals surface area contributed by atoms with Gasteiger partial charge in [0, 0.05) is 11.8 Å². The first kappa shape index (κ1) is 17.5. The van der Waals surface area contributed by atoms with E-state index in [9.17, 15) is 9.59 Å². The Morgan fingerprint density at radius 3 is 2.60 bits per heavy atom. The van der Waals surface area contributed by atoms with Crippen molar-refractivity contribution in [3.8, 4) is 5.75 Å². The molecule has 1 saturated carbocycles. The smallest absolute Gasteiger partial charge is 0.418 e. The molecule has 1 aliphatic rings. The van der Waals surface area contributed by atoms with Gasteiger partial charge in [-0.15, -0.1) is 0 Å². The molecule has 0 unspecified atom stereocenters. The van der Waals surface area contributed by atoms with Crippen LogP contribution in [0.25, 0.3) is 10.9 Å². The molecule has 0 N–H and O–H groups in total. The first-order chi connectivity index (χ1) is 12.2. The van der Waals surface area contributed by atoms with Gasteiger partial charge in [0.25, 0.3) is 0 Å². The molecule has 0 spiro atoms. The van der Waals surface area contributed by atoms with E-state index in [0.29, 0.717) is 24.5 Å². The Kier molecular flexibility index (Phi) is 5.41. The molecule has 0 atom stereocenters. The van der Waals surface area contributed by atoms with E-state index in [0.717, 1.165) is 23.0 Å². The highest BCUT2D eigenvalue weighted by Crippen LogP contribution is 2.37. The summed E-state index contributed by atoms with van der Waals surface area (Å²) in [5, 5.41) is 0.774. The Morgan fingerprint density at radius 1 is 1.20 bits per heavy atom. The zero-order valence-electron chi connectivity index (χ0n) is 14.9. The van der Waals surface area contributed by atoms with E-state index in [2.05, 4.69) is 0 Å². The van der Waals surface area contributed by atoms with Crippen molar-refractivity contribution in [1.82, 2.24) is 4.57 Å². The van der Waals surface area contributed by atoms with E-state index in [4.69, 9.17) is 9.47 Å². The third-order valence-corrected chi connectivity index (χ3v) is 5.05. The van der Waals surface area contributed by atoms with E-state index in [1.54, 1.807) is 11.5 Å². The van der Waals surface area contributed by atoms with Crippen molar-refractivity contribution in [2.75, 3.05) is 7.11 Å². The van der Waals surface area contributed by atoms with E-state index in [-0.39, 0.29) is 5.97 Å². The maximum absolute atomic E-state index is 12.4. The van der Waals surface area contributed by atoms with Crippen LogP contribution in [0.15, 0.2) is 24.3 Å². The van der Waals surface area contributed by atoms with Gasteiger partial charge in [-0.2, -0.15) is 0 Å². The number of rotatable bonds is 5. The van der Waals surface area contributed by atoms with Gasteiger partial charge in [0.2, 0.25) is 0 Å². The van der Waals surface area contributed by atoms with Crippen molar-refractivity contribution in [1.29, 1.82) is 0 Å². The second-order valence-corrected chi connectivity index (χ2v) is 6.62. The average molecular weight is 343 g/mol. The summed E-state index contributed by atoms with van der Waals surface area (Å²) in [5.74, 6) is 0.888. The first-order valence-corrected chi connectivity index (χ1v) is 9.07. The second kappa shape index (κ2) is 7.72. The number of esters is 1. The number of carbonyl (C=O) groups is 2. The fraction of sp³-hybridized carbons (Fsp3) is 0.500. The quantitative estimate of drug-likeness (QED) is 0.739. The molecule has 1 aromatic heterocycles. The van der Waals surface area contributed by atoms with Crippen LogP contribution in [0.3, 0.4) is 0 Å². The average Bonchev–Trinajstić information content (AvgIpc) is 3.25. The molecule has 25 heavy (non-hydrogen) atoms. The van der Waals surface area contributed by atoms with Gasteiger partial charge in [-0.05, 0) is 30.9 Å². The van der Waals surface area contributed by atoms with Crippen LogP contribution >= 0.6 is 0 Å². The maximum atomic E-state index is 12.4. The summed E-state index contributed by atoms with van der Waals surface area (Å²) >= 11 is 0. The number of carbonyl (C=O) groups excluding carboxylic acids is 2. The van der Waals surface area contributed by atoms with Crippen LogP contribution in [0, 0.1) is 5.92 Å². The van der Waals surface area contributed by atoms with Crippen molar-refractivity contribution in [3.63, 3.8) is 0 Å². The molecule has 0 radical (unpaired) electrons. The number of benzene rings is 1. The molecule has 0 bridgehead atoms. The minimum Gasteiger partial charge on any atom is -0.452 e. The third-order valence-electron chi connectivity index (χ3n) is 5.05. The summed E-state index contributed by atoms with van der Waals surface area (Å²) < 4.78 is 12.2. The summed E-state index contributed by atoms with van der Waals surface area (Å²) in [6, 6.07) is 7.49. The highest BCUT2D eigenvalue weighted by Gasteiger charge is 2.25. The van der Waals surface area contributed by atoms with Crippen molar-refractivity contribution in [3.05, 3.63) is 30.0 Å². The van der Waals surface area contributed by atoms with Gasteiger partial charge in [-0.1, -0.05) is 44.7 Å². The molecule has 5 nitrogen and oxygen atoms in total. The second-order valence-electron chi connectivity index (χ2n) is 6.62. The molecule has 1 heterocycles. The number of ether oxygens (including phenoxy) is 2. The van der Waals surface area contributed by atoms with E-state index in [1.807, 2.05) is 24.3 Å². The molecule has 134 valence electrons. The lowest BCUT2D eigenvalue weighted by Gasteiger charge is -2.12. The number of fused-ring (bicyclic) bond motifs is 1. The lowest BCUT2D eigenvalue weighted by Crippen LogP contribution is -2.16. The summed E-state index contributed by atoms with van der Waals surface area (Å²) in [4.78, 5) is 24.4. The Morgan fingerprint density at radius 2 is 1.92 bits per heavy atom. The predicted octanol–water partition coefficient (Wildman–Crippen LogP) is 4.69. The lowest BCUT2D eigenvalue weighted by molar-refractivity contribution is -0.133. The van der Waals surface area contributed by atoms with Gasteiger partial charge >= 0.3 is 12.1 Å². The number of hydrogen-bond donors (Lipinski definition) is 0. The Balaban J connectivity index is 2.06. The lowest BCUT2D eigenvalue weighted by atomic mass is 10.0. The topological polar surface area (TPSA) is 57.5 Å². The minimum absolute atomic E-state index is 0.291. The number of nitrogens with zero attached hydrogens (tertiary/aromatic N) is 1. The molecular formula is C20H25NO4. The molecule has 1 aliphatic carbocycles. The molecule has 2 aromatic rings. The fourth-order valence-electron chi connectivity index (χ4n) is 3.73. The largest absolute Gasteiger partial charge is 0.452 e. The van der Waals surface area contributed by atoms with Crippen LogP contribution in [-0.4, -0.2) is 23.7 Å². The van der Waals surface area contributed by atoms with Gasteiger partial charge in [0.05, 0.1) is 18.3 Å². The molecule has 5 heteroatoms. The molecule has 1 aromatic carbocycles. The highest BCUT2D eigenvalue weighted by atomic mass is 16.5. The number of para-hydroxylation sites is 1. The normalized spacial score (nSPS) is 14.8. The van der Waals surface area contributed by atoms with Crippen LogP contribution in [0.5, 0.6) is 5.75 Å².